The van der Waals surface area contributed by atoms with Crippen LogP contribution in [-0.4, -0.2) is 44.7 Å². The zero-order chi connectivity index (χ0) is 22.9. The van der Waals surface area contributed by atoms with Crippen molar-refractivity contribution in [1.82, 2.24) is 24.1 Å². The maximum absolute atomic E-state index is 11.2. The predicted molar refractivity (Wildman–Crippen MR) is 125 cm³/mol. The highest BCUT2D eigenvalue weighted by molar-refractivity contribution is 6.01. The molecule has 0 aliphatic carbocycles. The number of imidazole rings is 1. The van der Waals surface area contributed by atoms with E-state index in [0.717, 1.165) is 45.5 Å². The lowest BCUT2D eigenvalue weighted by Gasteiger charge is -2.12. The first-order valence-corrected chi connectivity index (χ1v) is 10.3. The smallest absolute Gasteiger partial charge is 0.168 e. The van der Waals surface area contributed by atoms with Crippen LogP contribution in [-0.2, 0) is 13.6 Å². The first-order chi connectivity index (χ1) is 16.1. The summed E-state index contributed by atoms with van der Waals surface area (Å²) >= 11 is 0. The van der Waals surface area contributed by atoms with Crippen LogP contribution < -0.4 is 14.8 Å². The maximum Gasteiger partial charge on any atom is 0.168 e. The number of nitrogens with zero attached hydrogens (tertiary/aromatic N) is 5. The fraction of sp³-hybridized carbons (Fsp3) is 0.167. The number of anilines is 1. The lowest BCUT2D eigenvalue weighted by atomic mass is 10.1. The van der Waals surface area contributed by atoms with Gasteiger partial charge in [0, 0.05) is 43.2 Å². The number of methoxy groups -OCH3 is 2. The summed E-state index contributed by atoms with van der Waals surface area (Å²) in [6, 6.07) is 11.5. The Bertz CT molecular complexity index is 1490. The third-order valence-corrected chi connectivity index (χ3v) is 5.64. The number of pyridine rings is 2. The Kier molecular flexibility index (Phi) is 5.14. The molecule has 0 unspecified atom stereocenters. The van der Waals surface area contributed by atoms with E-state index in [4.69, 9.17) is 14.6 Å². The molecule has 1 aromatic carbocycles. The first kappa shape index (κ1) is 20.5. The third kappa shape index (κ3) is 3.53. The van der Waals surface area contributed by atoms with E-state index in [2.05, 4.69) is 15.3 Å². The highest BCUT2D eigenvalue weighted by Crippen LogP contribution is 2.33. The molecule has 1 N–H and O–H groups in total. The molecular weight excluding hydrogens is 420 g/mol. The Labute approximate surface area is 189 Å². The van der Waals surface area contributed by atoms with Gasteiger partial charge in [-0.2, -0.15) is 5.10 Å². The molecule has 4 heterocycles. The normalized spacial score (nSPS) is 11.1. The molecule has 0 amide bonds. The number of aryl methyl sites for hydroxylation is 1. The number of carbonyl (C=O) groups is 1. The van der Waals surface area contributed by atoms with Crippen LogP contribution in [0.4, 0.5) is 5.82 Å². The summed E-state index contributed by atoms with van der Waals surface area (Å²) in [4.78, 5) is 20.1. The van der Waals surface area contributed by atoms with Crippen molar-refractivity contribution in [2.24, 2.45) is 7.05 Å². The fourth-order valence-electron chi connectivity index (χ4n) is 3.96. The van der Waals surface area contributed by atoms with Gasteiger partial charge in [-0.3, -0.25) is 13.9 Å². The Morgan fingerprint density at radius 3 is 2.76 bits per heavy atom. The van der Waals surface area contributed by atoms with Crippen molar-refractivity contribution >= 4 is 28.7 Å². The lowest BCUT2D eigenvalue weighted by Crippen LogP contribution is -2.04. The minimum absolute atomic E-state index is 0.500. The topological polar surface area (TPSA) is 95.6 Å². The molecular formula is C24H22N6O3. The van der Waals surface area contributed by atoms with Gasteiger partial charge < -0.3 is 14.8 Å². The van der Waals surface area contributed by atoms with Crippen LogP contribution in [0.5, 0.6) is 11.5 Å². The Morgan fingerprint density at radius 1 is 1.09 bits per heavy atom. The van der Waals surface area contributed by atoms with E-state index in [1.807, 2.05) is 54.3 Å². The van der Waals surface area contributed by atoms with Crippen molar-refractivity contribution < 1.29 is 14.3 Å². The second-order valence-electron chi connectivity index (χ2n) is 7.50. The Morgan fingerprint density at radius 2 is 1.97 bits per heavy atom. The average molecular weight is 442 g/mol. The summed E-state index contributed by atoms with van der Waals surface area (Å²) in [5.41, 5.74) is 4.76. The van der Waals surface area contributed by atoms with Gasteiger partial charge in [0.25, 0.3) is 0 Å². The standard InChI is InChI=1S/C24H22N6O3/c1-29-19-6-8-25-24(27-12-16-4-5-18(32-2)11-20(16)33-3)22(19)23(28-29)15-7-9-30-17(14-31)13-26-21(30)10-15/h4-11,13-14H,12H2,1-3H3,(H,25,27). The molecule has 4 aromatic heterocycles. The van der Waals surface area contributed by atoms with Crippen molar-refractivity contribution in [2.75, 3.05) is 19.5 Å². The van der Waals surface area contributed by atoms with E-state index in [-0.39, 0.29) is 0 Å². The molecule has 0 saturated heterocycles. The van der Waals surface area contributed by atoms with Crippen molar-refractivity contribution in [1.29, 1.82) is 0 Å². The number of aldehydes is 1. The molecule has 0 aliphatic rings. The Balaban J connectivity index is 1.56. The zero-order valence-corrected chi connectivity index (χ0v) is 18.4. The molecule has 0 aliphatic heterocycles. The zero-order valence-electron chi connectivity index (χ0n) is 18.4. The largest absolute Gasteiger partial charge is 0.497 e. The van der Waals surface area contributed by atoms with Gasteiger partial charge >= 0.3 is 0 Å². The molecule has 0 atom stereocenters. The summed E-state index contributed by atoms with van der Waals surface area (Å²) in [7, 11) is 5.17. The molecule has 5 aromatic rings. The van der Waals surface area contributed by atoms with Gasteiger partial charge in [0.2, 0.25) is 0 Å². The lowest BCUT2D eigenvalue weighted by molar-refractivity contribution is 0.111. The molecule has 0 radical (unpaired) electrons. The van der Waals surface area contributed by atoms with E-state index >= 15 is 0 Å². The number of ether oxygens (including phenoxy) is 2. The number of carbonyl (C=O) groups excluding carboxylic acids is 1. The molecule has 9 nitrogen and oxygen atoms in total. The summed E-state index contributed by atoms with van der Waals surface area (Å²) in [6.07, 6.45) is 5.93. The van der Waals surface area contributed by atoms with Gasteiger partial charge in [0.15, 0.2) is 6.29 Å². The van der Waals surface area contributed by atoms with Gasteiger partial charge in [0.05, 0.1) is 31.3 Å². The second kappa shape index (κ2) is 8.27. The highest BCUT2D eigenvalue weighted by Gasteiger charge is 2.17. The number of hydrogen-bond donors (Lipinski definition) is 1. The SMILES string of the molecule is COc1ccc(CNc2nccc3c2c(-c2ccn4c(C=O)cnc4c2)nn3C)c(OC)c1. The molecule has 33 heavy (non-hydrogen) atoms. The van der Waals surface area contributed by atoms with Crippen molar-refractivity contribution in [2.45, 2.75) is 6.54 Å². The molecule has 0 spiro atoms. The van der Waals surface area contributed by atoms with Gasteiger partial charge in [-0.1, -0.05) is 0 Å². The predicted octanol–water partition coefficient (Wildman–Crippen LogP) is 3.72. The maximum atomic E-state index is 11.2. The minimum Gasteiger partial charge on any atom is -0.497 e. The molecule has 166 valence electrons. The van der Waals surface area contributed by atoms with Crippen LogP contribution in [0.15, 0.2) is 55.0 Å². The van der Waals surface area contributed by atoms with Gasteiger partial charge in [-0.15, -0.1) is 0 Å². The third-order valence-electron chi connectivity index (χ3n) is 5.64. The van der Waals surface area contributed by atoms with E-state index in [9.17, 15) is 4.79 Å². The second-order valence-corrected chi connectivity index (χ2v) is 7.50. The number of nitrogens with one attached hydrogen (secondary N) is 1. The Hall–Kier alpha value is -4.40. The number of hydrogen-bond acceptors (Lipinski definition) is 7. The highest BCUT2D eigenvalue weighted by atomic mass is 16.5. The molecule has 0 fully saturated rings. The number of fused-ring (bicyclic) bond motifs is 2. The van der Waals surface area contributed by atoms with Crippen LogP contribution in [0.1, 0.15) is 16.1 Å². The van der Waals surface area contributed by atoms with Crippen LogP contribution in [0.3, 0.4) is 0 Å². The molecule has 0 saturated carbocycles. The first-order valence-electron chi connectivity index (χ1n) is 10.3. The van der Waals surface area contributed by atoms with Crippen LogP contribution in [0.25, 0.3) is 27.8 Å². The quantitative estimate of drug-likeness (QED) is 0.384. The van der Waals surface area contributed by atoms with Gasteiger partial charge in [-0.05, 0) is 30.3 Å². The van der Waals surface area contributed by atoms with E-state index in [1.54, 1.807) is 31.0 Å². The average Bonchev–Trinajstić information content (AvgIpc) is 3.43. The number of rotatable bonds is 7. The van der Waals surface area contributed by atoms with E-state index in [1.165, 1.54) is 0 Å². The summed E-state index contributed by atoms with van der Waals surface area (Å²) in [6.45, 7) is 0.510. The summed E-state index contributed by atoms with van der Waals surface area (Å²) < 4.78 is 14.4. The minimum atomic E-state index is 0.500. The molecule has 0 bridgehead atoms. The number of aromatic nitrogens is 5. The fourth-order valence-corrected chi connectivity index (χ4v) is 3.96. The van der Waals surface area contributed by atoms with Gasteiger partial charge in [0.1, 0.15) is 34.4 Å². The van der Waals surface area contributed by atoms with E-state index < -0.39 is 0 Å². The van der Waals surface area contributed by atoms with Crippen LogP contribution in [0, 0.1) is 0 Å². The molecule has 5 rings (SSSR count). The number of benzene rings is 1. The van der Waals surface area contributed by atoms with Gasteiger partial charge in [-0.25, -0.2) is 9.97 Å². The van der Waals surface area contributed by atoms with Crippen LogP contribution >= 0.6 is 0 Å². The van der Waals surface area contributed by atoms with Crippen molar-refractivity contribution in [3.8, 4) is 22.8 Å². The molecule has 9 heteroatoms. The summed E-state index contributed by atoms with van der Waals surface area (Å²) in [5, 5.41) is 9.09. The van der Waals surface area contributed by atoms with E-state index in [0.29, 0.717) is 23.7 Å². The van der Waals surface area contributed by atoms with Crippen molar-refractivity contribution in [3.05, 3.63) is 66.2 Å². The van der Waals surface area contributed by atoms with Crippen molar-refractivity contribution in [3.63, 3.8) is 0 Å². The van der Waals surface area contributed by atoms with Crippen LogP contribution in [0.2, 0.25) is 0 Å². The monoisotopic (exact) mass is 442 g/mol. The summed E-state index contributed by atoms with van der Waals surface area (Å²) in [5.74, 6) is 2.18.